The number of ether oxygens (including phenoxy) is 1. The highest BCUT2D eigenvalue weighted by Gasteiger charge is 2.74. The van der Waals surface area contributed by atoms with Crippen molar-refractivity contribution in [2.24, 2.45) is 11.3 Å². The molecule has 0 saturated heterocycles. The van der Waals surface area contributed by atoms with Crippen molar-refractivity contribution in [2.45, 2.75) is 19.8 Å². The van der Waals surface area contributed by atoms with Crippen LogP contribution in [0.1, 0.15) is 13.8 Å². The second-order valence-corrected chi connectivity index (χ2v) is 4.08. The summed E-state index contributed by atoms with van der Waals surface area (Å²) in [6.45, 7) is 4.54. The first kappa shape index (κ1) is 10.9. The van der Waals surface area contributed by atoms with Gasteiger partial charge < -0.3 is 10.1 Å². The summed E-state index contributed by atoms with van der Waals surface area (Å²) in [6.07, 6.45) is 0. The van der Waals surface area contributed by atoms with Gasteiger partial charge in [-0.25, -0.2) is 8.78 Å². The van der Waals surface area contributed by atoms with E-state index in [2.05, 4.69) is 5.32 Å². The van der Waals surface area contributed by atoms with Gasteiger partial charge in [0.25, 0.3) is 5.92 Å². The first-order valence-electron chi connectivity index (χ1n) is 4.54. The molecule has 2 nitrogen and oxygen atoms in total. The Morgan fingerprint density at radius 3 is 2.31 bits per heavy atom. The Hall–Kier alpha value is -0.220. The Kier molecular flexibility index (Phi) is 2.92. The number of alkyl halides is 2. The minimum absolute atomic E-state index is 0.168. The third-order valence-corrected chi connectivity index (χ3v) is 2.87. The van der Waals surface area contributed by atoms with Gasteiger partial charge in [-0.3, -0.25) is 0 Å². The van der Waals surface area contributed by atoms with E-state index >= 15 is 0 Å². The van der Waals surface area contributed by atoms with Crippen LogP contribution in [0.15, 0.2) is 0 Å². The molecule has 0 aliphatic heterocycles. The highest BCUT2D eigenvalue weighted by Crippen LogP contribution is 2.65. The Balaban J connectivity index is 2.19. The first-order valence-corrected chi connectivity index (χ1v) is 4.54. The molecule has 4 heteroatoms. The van der Waals surface area contributed by atoms with Crippen LogP contribution >= 0.6 is 0 Å². The van der Waals surface area contributed by atoms with Crippen LogP contribution < -0.4 is 5.32 Å². The fraction of sp³-hybridized carbons (Fsp3) is 1.00. The maximum Gasteiger partial charge on any atom is 0.259 e. The van der Waals surface area contributed by atoms with Gasteiger partial charge in [0.15, 0.2) is 0 Å². The molecule has 0 radical (unpaired) electrons. The quantitative estimate of drug-likeness (QED) is 0.668. The smallest absolute Gasteiger partial charge is 0.259 e. The molecule has 1 aliphatic rings. The Bertz CT molecular complexity index is 168. The van der Waals surface area contributed by atoms with Gasteiger partial charge >= 0.3 is 0 Å². The van der Waals surface area contributed by atoms with Crippen LogP contribution in [0, 0.1) is 11.3 Å². The summed E-state index contributed by atoms with van der Waals surface area (Å²) in [4.78, 5) is 0. The second kappa shape index (κ2) is 3.50. The number of likely N-dealkylation sites (N-methyl/N-ethyl adjacent to an activating group) is 1. The van der Waals surface area contributed by atoms with Gasteiger partial charge in [-0.1, -0.05) is 13.8 Å². The molecule has 1 saturated carbocycles. The summed E-state index contributed by atoms with van der Waals surface area (Å²) in [6, 6.07) is 0. The highest BCUT2D eigenvalue weighted by molar-refractivity contribution is 5.12. The van der Waals surface area contributed by atoms with E-state index in [9.17, 15) is 8.78 Å². The fourth-order valence-electron chi connectivity index (χ4n) is 1.45. The summed E-state index contributed by atoms with van der Waals surface area (Å²) in [5, 5.41) is 2.89. The zero-order chi connectivity index (χ0) is 10.1. The van der Waals surface area contributed by atoms with Crippen molar-refractivity contribution in [3.8, 4) is 0 Å². The molecule has 0 aromatic heterocycles. The van der Waals surface area contributed by atoms with E-state index < -0.39 is 17.3 Å². The first-order chi connectivity index (χ1) is 5.94. The Labute approximate surface area is 77.6 Å². The summed E-state index contributed by atoms with van der Waals surface area (Å²) in [7, 11) is 1.80. The number of hydrogen-bond acceptors (Lipinski definition) is 2. The van der Waals surface area contributed by atoms with Gasteiger partial charge in [-0.2, -0.15) is 0 Å². The number of hydrogen-bond donors (Lipinski definition) is 1. The highest BCUT2D eigenvalue weighted by atomic mass is 19.3. The van der Waals surface area contributed by atoms with Crippen molar-refractivity contribution in [1.82, 2.24) is 5.32 Å². The zero-order valence-electron chi connectivity index (χ0n) is 8.36. The van der Waals surface area contributed by atoms with Crippen LogP contribution in [0.5, 0.6) is 0 Å². The van der Waals surface area contributed by atoms with Crippen LogP contribution in [0.4, 0.5) is 8.78 Å². The monoisotopic (exact) mass is 193 g/mol. The molecule has 1 atom stereocenters. The number of nitrogens with one attached hydrogen (secondary N) is 1. The minimum atomic E-state index is -2.54. The van der Waals surface area contributed by atoms with Crippen molar-refractivity contribution in [1.29, 1.82) is 0 Å². The largest absolute Gasteiger partial charge is 0.380 e. The average molecular weight is 193 g/mol. The van der Waals surface area contributed by atoms with E-state index in [1.54, 1.807) is 20.9 Å². The van der Waals surface area contributed by atoms with E-state index in [1.165, 1.54) is 0 Å². The van der Waals surface area contributed by atoms with E-state index in [4.69, 9.17) is 4.74 Å². The molecule has 0 aromatic carbocycles. The maximum absolute atomic E-state index is 13.0. The third-order valence-electron chi connectivity index (χ3n) is 2.87. The predicted octanol–water partition coefficient (Wildman–Crippen LogP) is 1.51. The van der Waals surface area contributed by atoms with Gasteiger partial charge in [-0.05, 0) is 7.05 Å². The number of halogens is 2. The van der Waals surface area contributed by atoms with Crippen LogP contribution in [-0.4, -0.2) is 32.7 Å². The Morgan fingerprint density at radius 2 is 1.92 bits per heavy atom. The van der Waals surface area contributed by atoms with Gasteiger partial charge in [0, 0.05) is 12.0 Å². The summed E-state index contributed by atoms with van der Waals surface area (Å²) < 4.78 is 31.1. The predicted molar refractivity (Wildman–Crippen MR) is 47.0 cm³/mol. The number of rotatable bonds is 5. The Morgan fingerprint density at radius 1 is 1.38 bits per heavy atom. The minimum Gasteiger partial charge on any atom is -0.380 e. The molecule has 0 bridgehead atoms. The van der Waals surface area contributed by atoms with Crippen molar-refractivity contribution in [2.75, 3.05) is 26.8 Å². The van der Waals surface area contributed by atoms with Crippen molar-refractivity contribution >= 4 is 0 Å². The molecule has 1 unspecified atom stereocenters. The molecule has 78 valence electrons. The molecule has 0 heterocycles. The standard InChI is InChI=1S/C9H17F2NO/c1-8(2)7(9(8,10)11)6-13-5-4-12-3/h7,12H,4-6H2,1-3H3. The molecule has 1 aliphatic carbocycles. The normalized spacial score (nSPS) is 28.8. The van der Waals surface area contributed by atoms with Gasteiger partial charge in [0.2, 0.25) is 0 Å². The molecule has 1 fully saturated rings. The third kappa shape index (κ3) is 1.83. The lowest BCUT2D eigenvalue weighted by Crippen LogP contribution is -2.16. The van der Waals surface area contributed by atoms with Crippen LogP contribution in [0.3, 0.4) is 0 Å². The van der Waals surface area contributed by atoms with Gasteiger partial charge in [0.05, 0.1) is 19.1 Å². The van der Waals surface area contributed by atoms with Crippen LogP contribution in [0.25, 0.3) is 0 Å². The van der Waals surface area contributed by atoms with Crippen molar-refractivity contribution in [3.63, 3.8) is 0 Å². The van der Waals surface area contributed by atoms with Gasteiger partial charge in [-0.15, -0.1) is 0 Å². The second-order valence-electron chi connectivity index (χ2n) is 4.08. The molecule has 1 rings (SSSR count). The molecule has 0 aromatic rings. The molecule has 13 heavy (non-hydrogen) atoms. The van der Waals surface area contributed by atoms with Crippen molar-refractivity contribution < 1.29 is 13.5 Å². The summed E-state index contributed by atoms with van der Waals surface area (Å²) in [5.74, 6) is -3.14. The SMILES string of the molecule is CNCCOCC1C(C)(C)C1(F)F. The molecular weight excluding hydrogens is 176 g/mol. The lowest BCUT2D eigenvalue weighted by molar-refractivity contribution is 0.0457. The summed E-state index contributed by atoms with van der Waals surface area (Å²) >= 11 is 0. The van der Waals surface area contributed by atoms with Crippen LogP contribution in [0.2, 0.25) is 0 Å². The molecular formula is C9H17F2NO. The average Bonchev–Trinajstić information content (AvgIpc) is 2.39. The van der Waals surface area contributed by atoms with Gasteiger partial charge in [0.1, 0.15) is 0 Å². The summed E-state index contributed by atoms with van der Waals surface area (Å²) in [5.41, 5.74) is -0.868. The lowest BCUT2D eigenvalue weighted by Gasteiger charge is -2.02. The van der Waals surface area contributed by atoms with Crippen LogP contribution in [-0.2, 0) is 4.74 Å². The van der Waals surface area contributed by atoms with E-state index in [-0.39, 0.29) is 6.61 Å². The lowest BCUT2D eigenvalue weighted by atomic mass is 10.1. The topological polar surface area (TPSA) is 21.3 Å². The van der Waals surface area contributed by atoms with E-state index in [1.807, 2.05) is 0 Å². The molecule has 0 amide bonds. The zero-order valence-corrected chi connectivity index (χ0v) is 8.36. The van der Waals surface area contributed by atoms with E-state index in [0.717, 1.165) is 0 Å². The maximum atomic E-state index is 13.0. The van der Waals surface area contributed by atoms with E-state index in [0.29, 0.717) is 13.2 Å². The van der Waals surface area contributed by atoms with Crippen molar-refractivity contribution in [3.05, 3.63) is 0 Å². The molecule has 1 N–H and O–H groups in total. The fourth-order valence-corrected chi connectivity index (χ4v) is 1.45. The molecule has 0 spiro atoms.